The van der Waals surface area contributed by atoms with Gasteiger partial charge in [-0.15, -0.1) is 0 Å². The van der Waals surface area contributed by atoms with Crippen LogP contribution in [0.25, 0.3) is 0 Å². The second-order valence-electron chi connectivity index (χ2n) is 4.95. The molecule has 0 fully saturated rings. The highest BCUT2D eigenvalue weighted by Gasteiger charge is 2.18. The second-order valence-corrected chi connectivity index (χ2v) is 4.95. The number of aryl methyl sites for hydroxylation is 1. The first-order chi connectivity index (χ1) is 8.49. The maximum atomic E-state index is 12.4. The van der Waals surface area contributed by atoms with E-state index >= 15 is 0 Å². The quantitative estimate of drug-likeness (QED) is 0.814. The highest BCUT2D eigenvalue weighted by Crippen LogP contribution is 2.17. The Bertz CT molecular complexity index is 415. The fourth-order valence-electron chi connectivity index (χ4n) is 1.89. The smallest absolute Gasteiger partial charge is 0.255 e. The molecule has 0 heterocycles. The number of hydrogen-bond acceptors (Lipinski definition) is 2. The molecule has 18 heavy (non-hydrogen) atoms. The maximum Gasteiger partial charge on any atom is 0.255 e. The van der Waals surface area contributed by atoms with Crippen molar-refractivity contribution in [3.05, 3.63) is 29.3 Å². The van der Waals surface area contributed by atoms with Crippen molar-refractivity contribution >= 4 is 11.6 Å². The molecule has 0 radical (unpaired) electrons. The van der Waals surface area contributed by atoms with E-state index in [2.05, 4.69) is 13.8 Å². The normalized spacial score (nSPS) is 12.2. The van der Waals surface area contributed by atoms with E-state index < -0.39 is 0 Å². The monoisotopic (exact) mass is 248 g/mol. The van der Waals surface area contributed by atoms with E-state index in [1.165, 1.54) is 0 Å². The lowest BCUT2D eigenvalue weighted by molar-refractivity contribution is 0.0742. The van der Waals surface area contributed by atoms with Gasteiger partial charge in [0.2, 0.25) is 0 Å². The van der Waals surface area contributed by atoms with Crippen molar-refractivity contribution in [2.45, 2.75) is 34.1 Å². The number of carbonyl (C=O) groups excluding carboxylic acids is 1. The number of carbonyl (C=O) groups is 1. The molecule has 2 N–H and O–H groups in total. The predicted molar refractivity (Wildman–Crippen MR) is 76.6 cm³/mol. The van der Waals surface area contributed by atoms with Crippen LogP contribution in [-0.4, -0.2) is 23.9 Å². The highest BCUT2D eigenvalue weighted by atomic mass is 16.2. The molecule has 0 aliphatic heterocycles. The molecule has 100 valence electrons. The van der Waals surface area contributed by atoms with Crippen molar-refractivity contribution in [2.24, 2.45) is 5.92 Å². The van der Waals surface area contributed by atoms with Crippen molar-refractivity contribution in [1.29, 1.82) is 0 Å². The molecule has 0 aliphatic rings. The Morgan fingerprint density at radius 2 is 2.06 bits per heavy atom. The number of hydrogen-bond donors (Lipinski definition) is 1. The molecule has 1 aromatic rings. The molecule has 0 saturated heterocycles. The summed E-state index contributed by atoms with van der Waals surface area (Å²) in [4.78, 5) is 14.3. The zero-order valence-electron chi connectivity index (χ0n) is 11.9. The molecule has 0 bridgehead atoms. The number of nitrogen functional groups attached to an aromatic ring is 1. The highest BCUT2D eigenvalue weighted by molar-refractivity contribution is 5.99. The Labute approximate surface area is 110 Å². The van der Waals surface area contributed by atoms with E-state index in [9.17, 15) is 4.79 Å². The van der Waals surface area contributed by atoms with Crippen molar-refractivity contribution in [2.75, 3.05) is 18.8 Å². The Balaban J connectivity index is 2.92. The Morgan fingerprint density at radius 3 is 2.61 bits per heavy atom. The maximum absolute atomic E-state index is 12.4. The standard InChI is InChI=1S/C15H24N2O/c1-5-11(3)10-17(6-2)15(18)13-9-12(4)7-8-14(13)16/h7-9,11H,5-6,10,16H2,1-4H3. The fraction of sp³-hybridized carbons (Fsp3) is 0.533. The lowest BCUT2D eigenvalue weighted by Crippen LogP contribution is -2.35. The molecular weight excluding hydrogens is 224 g/mol. The van der Waals surface area contributed by atoms with Crippen LogP contribution in [0, 0.1) is 12.8 Å². The van der Waals surface area contributed by atoms with Crippen LogP contribution in [-0.2, 0) is 0 Å². The number of benzene rings is 1. The third kappa shape index (κ3) is 3.49. The van der Waals surface area contributed by atoms with Crippen LogP contribution in [0.3, 0.4) is 0 Å². The van der Waals surface area contributed by atoms with Crippen LogP contribution in [0.15, 0.2) is 18.2 Å². The van der Waals surface area contributed by atoms with Gasteiger partial charge in [0.25, 0.3) is 5.91 Å². The zero-order chi connectivity index (χ0) is 13.7. The molecule has 1 aromatic carbocycles. The van der Waals surface area contributed by atoms with Gasteiger partial charge in [0, 0.05) is 18.8 Å². The number of anilines is 1. The van der Waals surface area contributed by atoms with Crippen molar-refractivity contribution in [3.63, 3.8) is 0 Å². The van der Waals surface area contributed by atoms with Gasteiger partial charge in [-0.2, -0.15) is 0 Å². The Morgan fingerprint density at radius 1 is 1.39 bits per heavy atom. The van der Waals surface area contributed by atoms with E-state index in [0.29, 0.717) is 17.2 Å². The van der Waals surface area contributed by atoms with Crippen LogP contribution in [0.1, 0.15) is 43.1 Å². The predicted octanol–water partition coefficient (Wildman–Crippen LogP) is 3.09. The van der Waals surface area contributed by atoms with Gasteiger partial charge in [0.05, 0.1) is 5.56 Å². The molecule has 3 nitrogen and oxygen atoms in total. The summed E-state index contributed by atoms with van der Waals surface area (Å²) < 4.78 is 0. The van der Waals surface area contributed by atoms with E-state index in [-0.39, 0.29) is 5.91 Å². The van der Waals surface area contributed by atoms with Gasteiger partial charge < -0.3 is 10.6 Å². The lowest BCUT2D eigenvalue weighted by Gasteiger charge is -2.24. The van der Waals surface area contributed by atoms with Crippen molar-refractivity contribution in [3.8, 4) is 0 Å². The van der Waals surface area contributed by atoms with Crippen LogP contribution in [0.5, 0.6) is 0 Å². The third-order valence-corrected chi connectivity index (χ3v) is 3.34. The summed E-state index contributed by atoms with van der Waals surface area (Å²) in [6.07, 6.45) is 1.08. The molecule has 1 atom stereocenters. The van der Waals surface area contributed by atoms with Gasteiger partial charge in [-0.3, -0.25) is 4.79 Å². The summed E-state index contributed by atoms with van der Waals surface area (Å²) >= 11 is 0. The molecule has 0 aliphatic carbocycles. The van der Waals surface area contributed by atoms with Gasteiger partial charge >= 0.3 is 0 Å². The number of nitrogens with two attached hydrogens (primary N) is 1. The summed E-state index contributed by atoms with van der Waals surface area (Å²) in [6.45, 7) is 9.79. The largest absolute Gasteiger partial charge is 0.398 e. The number of nitrogens with zero attached hydrogens (tertiary/aromatic N) is 1. The summed E-state index contributed by atoms with van der Waals surface area (Å²) in [7, 11) is 0. The van der Waals surface area contributed by atoms with E-state index in [1.54, 1.807) is 6.07 Å². The minimum atomic E-state index is 0.0407. The molecule has 0 spiro atoms. The first-order valence-electron chi connectivity index (χ1n) is 6.64. The van der Waals surface area contributed by atoms with Gasteiger partial charge in [0.1, 0.15) is 0 Å². The SMILES string of the molecule is CCC(C)CN(CC)C(=O)c1cc(C)ccc1N. The van der Waals surface area contributed by atoms with Crippen LogP contribution in [0.2, 0.25) is 0 Å². The summed E-state index contributed by atoms with van der Waals surface area (Å²) in [5.41, 5.74) is 8.15. The Kier molecular flexibility index (Phi) is 5.20. The topological polar surface area (TPSA) is 46.3 Å². The molecule has 1 unspecified atom stereocenters. The Hall–Kier alpha value is -1.51. The number of rotatable bonds is 5. The third-order valence-electron chi connectivity index (χ3n) is 3.34. The lowest BCUT2D eigenvalue weighted by atomic mass is 10.1. The molecular formula is C15H24N2O. The van der Waals surface area contributed by atoms with Crippen LogP contribution >= 0.6 is 0 Å². The van der Waals surface area contributed by atoms with Gasteiger partial charge in [-0.25, -0.2) is 0 Å². The van der Waals surface area contributed by atoms with Gasteiger partial charge in [-0.1, -0.05) is 31.9 Å². The summed E-state index contributed by atoms with van der Waals surface area (Å²) in [5.74, 6) is 0.555. The van der Waals surface area contributed by atoms with Crippen molar-refractivity contribution < 1.29 is 4.79 Å². The summed E-state index contributed by atoms with van der Waals surface area (Å²) in [6, 6.07) is 5.60. The molecule has 0 aromatic heterocycles. The van der Waals surface area contributed by atoms with Crippen molar-refractivity contribution in [1.82, 2.24) is 4.90 Å². The molecule has 0 saturated carbocycles. The van der Waals surface area contributed by atoms with E-state index in [1.807, 2.05) is 30.9 Å². The van der Waals surface area contributed by atoms with E-state index in [0.717, 1.165) is 25.1 Å². The van der Waals surface area contributed by atoms with E-state index in [4.69, 9.17) is 5.73 Å². The second kappa shape index (κ2) is 6.43. The fourth-order valence-corrected chi connectivity index (χ4v) is 1.89. The van der Waals surface area contributed by atoms with Gasteiger partial charge in [0.15, 0.2) is 0 Å². The van der Waals surface area contributed by atoms with Gasteiger partial charge in [-0.05, 0) is 31.9 Å². The summed E-state index contributed by atoms with van der Waals surface area (Å²) in [5, 5.41) is 0. The molecule has 3 heteroatoms. The minimum Gasteiger partial charge on any atom is -0.398 e. The minimum absolute atomic E-state index is 0.0407. The first-order valence-corrected chi connectivity index (χ1v) is 6.64. The van der Waals surface area contributed by atoms with Crippen LogP contribution < -0.4 is 5.73 Å². The number of amides is 1. The molecule has 1 amide bonds. The first kappa shape index (κ1) is 14.6. The average molecular weight is 248 g/mol. The van der Waals surface area contributed by atoms with Crippen LogP contribution in [0.4, 0.5) is 5.69 Å². The average Bonchev–Trinajstić information content (AvgIpc) is 2.37. The zero-order valence-corrected chi connectivity index (χ0v) is 11.9. The molecule has 1 rings (SSSR count).